The summed E-state index contributed by atoms with van der Waals surface area (Å²) in [5.74, 6) is 3.74. The number of nitrogens with one attached hydrogen (secondary N) is 1. The van der Waals surface area contributed by atoms with Crippen LogP contribution in [0.1, 0.15) is 44.9 Å². The van der Waals surface area contributed by atoms with E-state index in [1.807, 2.05) is 11.8 Å². The molecular weight excluding hydrogens is 278 g/mol. The van der Waals surface area contributed by atoms with Crippen molar-refractivity contribution in [2.24, 2.45) is 0 Å². The van der Waals surface area contributed by atoms with E-state index in [0.717, 1.165) is 36.2 Å². The fraction of sp³-hybridized carbons (Fsp3) is 0.846. The van der Waals surface area contributed by atoms with E-state index >= 15 is 0 Å². The molecule has 1 aromatic rings. The third-order valence-corrected chi connectivity index (χ3v) is 5.73. The molecule has 3 heterocycles. The molecule has 2 aliphatic rings. The monoisotopic (exact) mass is 299 g/mol. The first-order chi connectivity index (χ1) is 9.17. The molecule has 106 valence electrons. The van der Waals surface area contributed by atoms with Crippen molar-refractivity contribution >= 4 is 28.4 Å². The van der Waals surface area contributed by atoms with Gasteiger partial charge in [0.15, 0.2) is 0 Å². The van der Waals surface area contributed by atoms with E-state index in [2.05, 4.69) is 28.5 Å². The molecule has 0 radical (unpaired) electrons. The fourth-order valence-electron chi connectivity index (χ4n) is 2.72. The minimum atomic E-state index is 0.131. The van der Waals surface area contributed by atoms with Crippen LogP contribution in [0, 0.1) is 0 Å². The Kier molecular flexibility index (Phi) is 4.01. The highest BCUT2D eigenvalue weighted by molar-refractivity contribution is 7.99. The summed E-state index contributed by atoms with van der Waals surface area (Å²) in [4.78, 5) is 4.57. The molecular formula is C13H21N3OS2. The molecule has 19 heavy (non-hydrogen) atoms. The standard InChI is InChI=1S/C13H21N3OS2/c1-9(2)11-15-12(19-16-11)14-10-3-5-17-13(7-10)4-6-18-8-13/h9-10H,3-8H2,1-2H3,(H,14,15,16). The van der Waals surface area contributed by atoms with Crippen LogP contribution in [0.15, 0.2) is 0 Å². The van der Waals surface area contributed by atoms with Gasteiger partial charge in [-0.3, -0.25) is 0 Å². The predicted molar refractivity (Wildman–Crippen MR) is 81.3 cm³/mol. The summed E-state index contributed by atoms with van der Waals surface area (Å²) < 4.78 is 10.4. The zero-order valence-electron chi connectivity index (χ0n) is 11.5. The maximum atomic E-state index is 6.04. The van der Waals surface area contributed by atoms with E-state index < -0.39 is 0 Å². The normalized spacial score (nSPS) is 31.2. The van der Waals surface area contributed by atoms with E-state index in [-0.39, 0.29) is 5.60 Å². The van der Waals surface area contributed by atoms with Crippen LogP contribution in [0.3, 0.4) is 0 Å². The molecule has 2 aliphatic heterocycles. The molecule has 1 aromatic heterocycles. The number of aromatic nitrogens is 2. The summed E-state index contributed by atoms with van der Waals surface area (Å²) in [6.45, 7) is 5.13. The first kappa shape index (κ1) is 13.6. The third kappa shape index (κ3) is 3.06. The Morgan fingerprint density at radius 3 is 3.05 bits per heavy atom. The van der Waals surface area contributed by atoms with Crippen LogP contribution in [0.4, 0.5) is 5.13 Å². The summed E-state index contributed by atoms with van der Waals surface area (Å²) >= 11 is 3.50. The van der Waals surface area contributed by atoms with Crippen molar-refractivity contribution in [3.8, 4) is 0 Å². The SMILES string of the molecule is CC(C)c1nsc(NC2CCOC3(CCSC3)C2)n1. The summed E-state index contributed by atoms with van der Waals surface area (Å²) in [5, 5.41) is 4.53. The van der Waals surface area contributed by atoms with Crippen molar-refractivity contribution < 1.29 is 4.74 Å². The van der Waals surface area contributed by atoms with Gasteiger partial charge in [0.25, 0.3) is 0 Å². The highest BCUT2D eigenvalue weighted by Crippen LogP contribution is 2.39. The van der Waals surface area contributed by atoms with Gasteiger partial charge in [-0.05, 0) is 25.0 Å². The second kappa shape index (κ2) is 5.58. The Morgan fingerprint density at radius 2 is 2.37 bits per heavy atom. The lowest BCUT2D eigenvalue weighted by atomic mass is 9.90. The van der Waals surface area contributed by atoms with Crippen LogP contribution < -0.4 is 5.32 Å². The number of hydrogen-bond donors (Lipinski definition) is 1. The van der Waals surface area contributed by atoms with Crippen LogP contribution in [0.25, 0.3) is 0 Å². The molecule has 1 spiro atoms. The second-order valence-corrected chi connectivity index (χ2v) is 7.64. The number of nitrogens with zero attached hydrogens (tertiary/aromatic N) is 2. The molecule has 2 fully saturated rings. The zero-order chi connectivity index (χ0) is 13.3. The Balaban J connectivity index is 1.62. The lowest BCUT2D eigenvalue weighted by molar-refractivity contribution is -0.0628. The number of ether oxygens (including phenoxy) is 1. The van der Waals surface area contributed by atoms with Crippen LogP contribution in [0.5, 0.6) is 0 Å². The second-order valence-electron chi connectivity index (χ2n) is 5.78. The molecule has 1 N–H and O–H groups in total. The van der Waals surface area contributed by atoms with Gasteiger partial charge in [0, 0.05) is 35.9 Å². The van der Waals surface area contributed by atoms with Gasteiger partial charge in [0.2, 0.25) is 5.13 Å². The van der Waals surface area contributed by atoms with Crippen molar-refractivity contribution in [3.05, 3.63) is 5.82 Å². The van der Waals surface area contributed by atoms with Crippen molar-refractivity contribution in [1.29, 1.82) is 0 Å². The van der Waals surface area contributed by atoms with Gasteiger partial charge in [-0.2, -0.15) is 16.1 Å². The smallest absolute Gasteiger partial charge is 0.202 e. The number of anilines is 1. The molecule has 6 heteroatoms. The predicted octanol–water partition coefficient (Wildman–Crippen LogP) is 3.13. The van der Waals surface area contributed by atoms with Crippen molar-refractivity contribution in [1.82, 2.24) is 9.36 Å². The van der Waals surface area contributed by atoms with Gasteiger partial charge >= 0.3 is 0 Å². The van der Waals surface area contributed by atoms with E-state index in [9.17, 15) is 0 Å². The molecule has 3 rings (SSSR count). The van der Waals surface area contributed by atoms with Crippen LogP contribution in [-0.2, 0) is 4.74 Å². The number of thioether (sulfide) groups is 1. The highest BCUT2D eigenvalue weighted by Gasteiger charge is 2.40. The minimum Gasteiger partial charge on any atom is -0.374 e. The molecule has 2 unspecified atom stereocenters. The first-order valence-electron chi connectivity index (χ1n) is 6.99. The molecule has 0 aromatic carbocycles. The Bertz CT molecular complexity index is 429. The molecule has 0 bridgehead atoms. The topological polar surface area (TPSA) is 47.0 Å². The first-order valence-corrected chi connectivity index (χ1v) is 8.91. The maximum Gasteiger partial charge on any atom is 0.202 e. The largest absolute Gasteiger partial charge is 0.374 e. The average Bonchev–Trinajstić information content (AvgIpc) is 3.00. The van der Waals surface area contributed by atoms with Gasteiger partial charge < -0.3 is 10.1 Å². The van der Waals surface area contributed by atoms with Crippen molar-refractivity contribution in [2.45, 2.75) is 50.7 Å². The molecule has 0 aliphatic carbocycles. The summed E-state index contributed by atoms with van der Waals surface area (Å²) in [5.41, 5.74) is 0.131. The van der Waals surface area contributed by atoms with Gasteiger partial charge in [-0.15, -0.1) is 0 Å². The molecule has 4 nitrogen and oxygen atoms in total. The van der Waals surface area contributed by atoms with Gasteiger partial charge in [-0.1, -0.05) is 13.8 Å². The van der Waals surface area contributed by atoms with Gasteiger partial charge in [0.05, 0.1) is 5.60 Å². The quantitative estimate of drug-likeness (QED) is 0.929. The lowest BCUT2D eigenvalue weighted by Crippen LogP contribution is -2.44. The van der Waals surface area contributed by atoms with Crippen LogP contribution >= 0.6 is 23.3 Å². The highest BCUT2D eigenvalue weighted by atomic mass is 32.2. The van der Waals surface area contributed by atoms with E-state index in [0.29, 0.717) is 12.0 Å². The molecule has 0 amide bonds. The van der Waals surface area contributed by atoms with E-state index in [1.165, 1.54) is 23.7 Å². The fourth-order valence-corrected chi connectivity index (χ4v) is 4.88. The van der Waals surface area contributed by atoms with E-state index in [4.69, 9.17) is 4.74 Å². The summed E-state index contributed by atoms with van der Waals surface area (Å²) in [6.07, 6.45) is 3.38. The average molecular weight is 299 g/mol. The third-order valence-electron chi connectivity index (χ3n) is 3.85. The summed E-state index contributed by atoms with van der Waals surface area (Å²) in [7, 11) is 0. The van der Waals surface area contributed by atoms with Crippen molar-refractivity contribution in [2.75, 3.05) is 23.4 Å². The minimum absolute atomic E-state index is 0.131. The van der Waals surface area contributed by atoms with Crippen LogP contribution in [-0.4, -0.2) is 39.1 Å². The molecule has 2 atom stereocenters. The van der Waals surface area contributed by atoms with Gasteiger partial charge in [0.1, 0.15) is 5.82 Å². The summed E-state index contributed by atoms with van der Waals surface area (Å²) in [6, 6.07) is 0.486. The Hall–Kier alpha value is -0.330. The Morgan fingerprint density at radius 1 is 1.47 bits per heavy atom. The lowest BCUT2D eigenvalue weighted by Gasteiger charge is -2.37. The number of hydrogen-bond acceptors (Lipinski definition) is 6. The van der Waals surface area contributed by atoms with Crippen molar-refractivity contribution in [3.63, 3.8) is 0 Å². The van der Waals surface area contributed by atoms with Gasteiger partial charge in [-0.25, -0.2) is 4.98 Å². The zero-order valence-corrected chi connectivity index (χ0v) is 13.1. The molecule has 0 saturated carbocycles. The van der Waals surface area contributed by atoms with Crippen LogP contribution in [0.2, 0.25) is 0 Å². The Labute approximate surface area is 122 Å². The number of rotatable bonds is 3. The maximum absolute atomic E-state index is 6.04. The van der Waals surface area contributed by atoms with E-state index in [1.54, 1.807) is 0 Å². The molecule has 2 saturated heterocycles.